The second-order valence-corrected chi connectivity index (χ2v) is 10.1. The third-order valence-corrected chi connectivity index (χ3v) is 7.19. The molecule has 31 heavy (non-hydrogen) atoms. The number of fused-ring (bicyclic) bond motifs is 1. The molecule has 1 aliphatic heterocycles. The fraction of sp³-hybridized carbons (Fsp3) is 0.318. The number of para-hydroxylation sites is 2. The summed E-state index contributed by atoms with van der Waals surface area (Å²) < 4.78 is 32.7. The largest absolute Gasteiger partial charge is 0.372 e. The highest BCUT2D eigenvalue weighted by Crippen LogP contribution is 2.35. The van der Waals surface area contributed by atoms with Crippen LogP contribution in [-0.2, 0) is 14.6 Å². The predicted octanol–water partition coefficient (Wildman–Crippen LogP) is 3.94. The number of anilines is 1. The zero-order chi connectivity index (χ0) is 22.2. The van der Waals surface area contributed by atoms with Crippen LogP contribution in [0.1, 0.15) is 24.8 Å². The molecule has 3 atom stereocenters. The number of rotatable bonds is 4. The first kappa shape index (κ1) is 21.5. The van der Waals surface area contributed by atoms with E-state index in [1.807, 2.05) is 36.9 Å². The first-order valence-corrected chi connectivity index (χ1v) is 11.8. The van der Waals surface area contributed by atoms with Gasteiger partial charge in [-0.15, -0.1) is 0 Å². The predicted molar refractivity (Wildman–Crippen MR) is 119 cm³/mol. The molecule has 4 rings (SSSR count). The van der Waals surface area contributed by atoms with E-state index in [1.165, 1.54) is 12.1 Å². The van der Waals surface area contributed by atoms with Crippen molar-refractivity contribution in [2.24, 2.45) is 0 Å². The van der Waals surface area contributed by atoms with Gasteiger partial charge >= 0.3 is 0 Å². The van der Waals surface area contributed by atoms with E-state index >= 15 is 0 Å². The monoisotopic (exact) mass is 456 g/mol. The van der Waals surface area contributed by atoms with Gasteiger partial charge in [0, 0.05) is 18.1 Å². The maximum atomic E-state index is 13.4. The molecule has 2 heterocycles. The van der Waals surface area contributed by atoms with Crippen molar-refractivity contribution in [3.63, 3.8) is 0 Å². The number of halogens is 1. The van der Waals surface area contributed by atoms with E-state index in [-0.39, 0.29) is 27.8 Å². The van der Waals surface area contributed by atoms with Crippen LogP contribution in [0.25, 0.3) is 11.0 Å². The van der Waals surface area contributed by atoms with Crippen LogP contribution in [-0.4, -0.2) is 43.7 Å². The van der Waals surface area contributed by atoms with Gasteiger partial charge in [-0.3, -0.25) is 0 Å². The van der Waals surface area contributed by atoms with Gasteiger partial charge in [0.15, 0.2) is 11.1 Å². The van der Waals surface area contributed by atoms with Crippen molar-refractivity contribution in [2.45, 2.75) is 36.2 Å². The summed E-state index contributed by atoms with van der Waals surface area (Å²) in [7, 11) is -4.09. The van der Waals surface area contributed by atoms with Crippen molar-refractivity contribution in [3.8, 4) is 6.07 Å². The highest BCUT2D eigenvalue weighted by Gasteiger charge is 2.36. The molecule has 1 aliphatic rings. The number of ether oxygens (including phenoxy) is 1. The highest BCUT2D eigenvalue weighted by atomic mass is 35.5. The molecular weight excluding hydrogens is 436 g/mol. The lowest BCUT2D eigenvalue weighted by atomic mass is 10.2. The summed E-state index contributed by atoms with van der Waals surface area (Å²) in [5.41, 5.74) is 1.27. The molecule has 0 radical (unpaired) electrons. The Morgan fingerprint density at radius 2 is 1.74 bits per heavy atom. The second-order valence-electron chi connectivity index (χ2n) is 7.59. The zero-order valence-electron chi connectivity index (χ0n) is 17.1. The Morgan fingerprint density at radius 1 is 1.10 bits per heavy atom. The first-order valence-electron chi connectivity index (χ1n) is 9.85. The van der Waals surface area contributed by atoms with E-state index in [9.17, 15) is 13.7 Å². The Kier molecular flexibility index (Phi) is 5.84. The third kappa shape index (κ3) is 4.22. The number of hydrogen-bond acceptors (Lipinski definition) is 7. The van der Waals surface area contributed by atoms with Gasteiger partial charge in [-0.2, -0.15) is 5.26 Å². The second kappa shape index (κ2) is 8.42. The number of nitriles is 1. The molecule has 1 saturated heterocycles. The van der Waals surface area contributed by atoms with Crippen LogP contribution >= 0.6 is 11.6 Å². The smallest absolute Gasteiger partial charge is 0.200 e. The minimum atomic E-state index is -4.09. The van der Waals surface area contributed by atoms with Crippen LogP contribution in [0, 0.1) is 11.3 Å². The number of morpholine rings is 1. The summed E-state index contributed by atoms with van der Waals surface area (Å²) in [6, 6.07) is 15.1. The fourth-order valence-electron chi connectivity index (χ4n) is 3.82. The van der Waals surface area contributed by atoms with Gasteiger partial charge in [0.25, 0.3) is 0 Å². The van der Waals surface area contributed by atoms with Gasteiger partial charge in [0.2, 0.25) is 9.84 Å². The zero-order valence-corrected chi connectivity index (χ0v) is 18.6. The summed E-state index contributed by atoms with van der Waals surface area (Å²) in [4.78, 5) is 11.3. The lowest BCUT2D eigenvalue weighted by molar-refractivity contribution is -0.00550. The van der Waals surface area contributed by atoms with Crippen molar-refractivity contribution in [3.05, 3.63) is 59.2 Å². The summed E-state index contributed by atoms with van der Waals surface area (Å²) >= 11 is 6.01. The van der Waals surface area contributed by atoms with Gasteiger partial charge in [-0.05, 0) is 44.2 Å². The molecule has 0 spiro atoms. The molecule has 0 unspecified atom stereocenters. The SMILES string of the molecule is C[C@@H]1CN(c2nc3ccccc3nc2[C@H](C#N)S(=O)(=O)c2cccc(Cl)c2)C[C@@H](C)O1. The number of benzene rings is 2. The van der Waals surface area contributed by atoms with Gasteiger partial charge in [-0.1, -0.05) is 29.8 Å². The lowest BCUT2D eigenvalue weighted by Gasteiger charge is -2.37. The molecule has 160 valence electrons. The van der Waals surface area contributed by atoms with Crippen LogP contribution in [0.3, 0.4) is 0 Å². The van der Waals surface area contributed by atoms with E-state index in [0.717, 1.165) is 0 Å². The Hall–Kier alpha value is -2.73. The summed E-state index contributed by atoms with van der Waals surface area (Å²) in [5.74, 6) is 0.387. The van der Waals surface area contributed by atoms with Crippen molar-refractivity contribution >= 4 is 38.3 Å². The molecule has 3 aromatic rings. The number of nitrogens with zero attached hydrogens (tertiary/aromatic N) is 4. The minimum absolute atomic E-state index is 0.0313. The molecule has 1 fully saturated rings. The lowest BCUT2D eigenvalue weighted by Crippen LogP contribution is -2.46. The maximum Gasteiger partial charge on any atom is 0.200 e. The van der Waals surface area contributed by atoms with Crippen molar-refractivity contribution in [2.75, 3.05) is 18.0 Å². The molecule has 0 N–H and O–H groups in total. The molecule has 0 saturated carbocycles. The quantitative estimate of drug-likeness (QED) is 0.586. The highest BCUT2D eigenvalue weighted by molar-refractivity contribution is 7.92. The molecule has 9 heteroatoms. The van der Waals surface area contributed by atoms with Crippen molar-refractivity contribution in [1.29, 1.82) is 5.26 Å². The van der Waals surface area contributed by atoms with E-state index in [0.29, 0.717) is 29.9 Å². The Balaban J connectivity index is 1.91. The summed E-state index contributed by atoms with van der Waals surface area (Å²) in [5, 5.41) is 8.71. The third-order valence-electron chi connectivity index (χ3n) is 5.10. The Labute approximate surface area is 186 Å². The minimum Gasteiger partial charge on any atom is -0.372 e. The van der Waals surface area contributed by atoms with Crippen LogP contribution in [0.2, 0.25) is 5.02 Å². The van der Waals surface area contributed by atoms with Gasteiger partial charge in [-0.25, -0.2) is 18.4 Å². The standard InChI is InChI=1S/C22H21ClN4O3S/c1-14-12-27(13-15(2)30-14)22-21(25-18-8-3-4-9-19(18)26-22)20(11-24)31(28,29)17-7-5-6-16(23)10-17/h3-10,14-15,20H,12-13H2,1-2H3/t14-,15-,20+/m1/s1. The van der Waals surface area contributed by atoms with Crippen molar-refractivity contribution in [1.82, 2.24) is 9.97 Å². The van der Waals surface area contributed by atoms with E-state index in [2.05, 4.69) is 4.98 Å². The number of sulfone groups is 1. The van der Waals surface area contributed by atoms with Gasteiger partial charge < -0.3 is 9.64 Å². The maximum absolute atomic E-state index is 13.4. The molecule has 0 bridgehead atoms. The summed E-state index contributed by atoms with van der Waals surface area (Å²) in [6.45, 7) is 4.92. The van der Waals surface area contributed by atoms with Gasteiger partial charge in [0.05, 0.1) is 34.2 Å². The first-order chi connectivity index (χ1) is 14.8. The molecule has 0 amide bonds. The molecule has 0 aliphatic carbocycles. The topological polar surface area (TPSA) is 96.2 Å². The van der Waals surface area contributed by atoms with Gasteiger partial charge in [0.1, 0.15) is 5.69 Å². The fourth-order valence-corrected chi connectivity index (χ4v) is 5.50. The molecular formula is C22H21ClN4O3S. The van der Waals surface area contributed by atoms with Crippen LogP contribution in [0.4, 0.5) is 5.82 Å². The molecule has 2 aromatic carbocycles. The normalized spacial score (nSPS) is 20.4. The average molecular weight is 457 g/mol. The average Bonchev–Trinajstić information content (AvgIpc) is 2.73. The van der Waals surface area contributed by atoms with E-state index in [1.54, 1.807) is 24.3 Å². The van der Waals surface area contributed by atoms with Crippen LogP contribution in [0.15, 0.2) is 53.4 Å². The Morgan fingerprint density at radius 3 is 2.35 bits per heavy atom. The molecule has 1 aromatic heterocycles. The summed E-state index contributed by atoms with van der Waals surface area (Å²) in [6.07, 6.45) is -0.148. The van der Waals surface area contributed by atoms with E-state index in [4.69, 9.17) is 21.3 Å². The number of hydrogen-bond donors (Lipinski definition) is 0. The van der Waals surface area contributed by atoms with Crippen molar-refractivity contribution < 1.29 is 13.2 Å². The van der Waals surface area contributed by atoms with Crippen LogP contribution in [0.5, 0.6) is 0 Å². The van der Waals surface area contributed by atoms with Crippen LogP contribution < -0.4 is 4.90 Å². The molecule has 7 nitrogen and oxygen atoms in total. The Bertz CT molecular complexity index is 1270. The number of aromatic nitrogens is 2. The van der Waals surface area contributed by atoms with E-state index < -0.39 is 15.1 Å².